The SMILES string of the molecule is [Ca+2].[Mg+2].[O-][Si]([O-])([O-])[O-]. The van der Waals surface area contributed by atoms with Crippen LogP contribution in [0.1, 0.15) is 0 Å². The predicted octanol–water partition coefficient (Wildman–Crippen LogP) is -5.90. The molecular formula is CaMgO4Si. The molecule has 0 fully saturated rings. The number of hydrogen-bond acceptors (Lipinski definition) is 4. The third-order valence-electron chi connectivity index (χ3n) is 0. The molecule has 32 valence electrons. The van der Waals surface area contributed by atoms with Crippen LogP contribution in [0.15, 0.2) is 0 Å². The zero-order valence-corrected chi connectivity index (χ0v) is 8.17. The molecule has 0 spiro atoms. The number of rotatable bonds is 0. The fourth-order valence-corrected chi connectivity index (χ4v) is 0. The summed E-state index contributed by atoms with van der Waals surface area (Å²) in [5, 5.41) is 0. The first-order chi connectivity index (χ1) is 2.00. The molecule has 0 saturated carbocycles. The Morgan fingerprint density at radius 1 is 0.857 bits per heavy atom. The first-order valence-corrected chi connectivity index (χ1v) is 2.45. The van der Waals surface area contributed by atoms with E-state index in [0.717, 1.165) is 0 Å². The first-order valence-electron chi connectivity index (χ1n) is 0.816. The van der Waals surface area contributed by atoms with E-state index in [1.165, 1.54) is 0 Å². The maximum absolute atomic E-state index is 8.58. The van der Waals surface area contributed by atoms with Gasteiger partial charge in [-0.25, -0.2) is 0 Å². The van der Waals surface area contributed by atoms with Gasteiger partial charge in [-0.2, -0.15) is 0 Å². The summed E-state index contributed by atoms with van der Waals surface area (Å²) in [6, 6.07) is 0. The van der Waals surface area contributed by atoms with Gasteiger partial charge >= 0.3 is 60.8 Å². The molecule has 0 aliphatic heterocycles. The zero-order valence-electron chi connectivity index (χ0n) is 3.55. The molecular weight excluding hydrogens is 156 g/mol. The van der Waals surface area contributed by atoms with E-state index in [2.05, 4.69) is 0 Å². The molecule has 7 heteroatoms. The summed E-state index contributed by atoms with van der Waals surface area (Å²) in [5.41, 5.74) is 0. The largest absolute Gasteiger partial charge is 2.00 e. The molecule has 4 nitrogen and oxygen atoms in total. The normalized spacial score (nSPS) is 8.57. The third kappa shape index (κ3) is 68.9. The smallest absolute Gasteiger partial charge is 0.894 e. The van der Waals surface area contributed by atoms with Crippen molar-refractivity contribution < 1.29 is 19.2 Å². The van der Waals surface area contributed by atoms with Crippen molar-refractivity contribution in [1.29, 1.82) is 0 Å². The van der Waals surface area contributed by atoms with Crippen LogP contribution in [0.5, 0.6) is 0 Å². The third-order valence-corrected chi connectivity index (χ3v) is 0. The second-order valence-corrected chi connectivity index (χ2v) is 1.50. The fraction of sp³-hybridized carbons (Fsp3) is 0. The van der Waals surface area contributed by atoms with Gasteiger partial charge in [-0.1, -0.05) is 0 Å². The Morgan fingerprint density at radius 3 is 0.857 bits per heavy atom. The van der Waals surface area contributed by atoms with Crippen LogP contribution in [-0.2, 0) is 0 Å². The van der Waals surface area contributed by atoms with E-state index in [-0.39, 0.29) is 60.8 Å². The Bertz CT molecular complexity index is 27.2. The van der Waals surface area contributed by atoms with Gasteiger partial charge in [0.25, 0.3) is 0 Å². The van der Waals surface area contributed by atoms with Gasteiger partial charge < -0.3 is 28.2 Å². The minimum Gasteiger partial charge on any atom is -0.894 e. The quantitative estimate of drug-likeness (QED) is 0.327. The van der Waals surface area contributed by atoms with E-state index in [0.29, 0.717) is 0 Å². The van der Waals surface area contributed by atoms with E-state index >= 15 is 0 Å². The van der Waals surface area contributed by atoms with Gasteiger partial charge in [0.05, 0.1) is 0 Å². The minimum atomic E-state index is -5.61. The maximum Gasteiger partial charge on any atom is 2.00 e. The van der Waals surface area contributed by atoms with Crippen molar-refractivity contribution in [2.75, 3.05) is 0 Å². The van der Waals surface area contributed by atoms with Gasteiger partial charge in [-0.15, -0.1) is 0 Å². The van der Waals surface area contributed by atoms with Crippen molar-refractivity contribution in [1.82, 2.24) is 0 Å². The molecule has 0 radical (unpaired) electrons. The van der Waals surface area contributed by atoms with Crippen LogP contribution in [-0.4, -0.2) is 69.8 Å². The van der Waals surface area contributed by atoms with Crippen LogP contribution in [0.3, 0.4) is 0 Å². The van der Waals surface area contributed by atoms with Gasteiger partial charge in [0, 0.05) is 0 Å². The molecule has 0 unspecified atom stereocenters. The van der Waals surface area contributed by atoms with Crippen LogP contribution >= 0.6 is 0 Å². The maximum atomic E-state index is 8.58. The van der Waals surface area contributed by atoms with Gasteiger partial charge in [0.15, 0.2) is 0 Å². The summed E-state index contributed by atoms with van der Waals surface area (Å²) in [6.45, 7) is 0. The average molecular weight is 156 g/mol. The summed E-state index contributed by atoms with van der Waals surface area (Å²) in [5.74, 6) is 0. The van der Waals surface area contributed by atoms with Gasteiger partial charge in [-0.3, -0.25) is 0 Å². The number of hydrogen-bond donors (Lipinski definition) is 0. The van der Waals surface area contributed by atoms with Crippen LogP contribution in [0.4, 0.5) is 0 Å². The molecule has 0 N–H and O–H groups in total. The topological polar surface area (TPSA) is 92.2 Å². The predicted molar refractivity (Wildman–Crippen MR) is 17.3 cm³/mol. The van der Waals surface area contributed by atoms with Gasteiger partial charge in [0.2, 0.25) is 0 Å². The molecule has 0 bridgehead atoms. The first kappa shape index (κ1) is 16.0. The molecule has 0 rings (SSSR count). The van der Waals surface area contributed by atoms with Crippen molar-refractivity contribution in [3.63, 3.8) is 0 Å². The summed E-state index contributed by atoms with van der Waals surface area (Å²) in [7, 11) is -5.61. The zero-order chi connectivity index (χ0) is 4.50. The Hall–Kier alpha value is 2.08. The fourth-order valence-electron chi connectivity index (χ4n) is 0. The average Bonchev–Trinajstić information content (AvgIpc) is 0.722. The van der Waals surface area contributed by atoms with E-state index in [9.17, 15) is 0 Å². The molecule has 0 heterocycles. The summed E-state index contributed by atoms with van der Waals surface area (Å²) in [4.78, 5) is 34.3. The molecule has 7 heavy (non-hydrogen) atoms. The van der Waals surface area contributed by atoms with Crippen molar-refractivity contribution in [2.45, 2.75) is 0 Å². The summed E-state index contributed by atoms with van der Waals surface area (Å²) in [6.07, 6.45) is 0. The van der Waals surface area contributed by atoms with Gasteiger partial charge in [-0.05, 0) is 0 Å². The van der Waals surface area contributed by atoms with Crippen molar-refractivity contribution >= 4 is 69.8 Å². The molecule has 0 aromatic heterocycles. The van der Waals surface area contributed by atoms with Gasteiger partial charge in [0.1, 0.15) is 0 Å². The second-order valence-electron chi connectivity index (χ2n) is 0.500. The van der Waals surface area contributed by atoms with Crippen LogP contribution in [0.2, 0.25) is 0 Å². The molecule has 0 saturated heterocycles. The molecule has 0 aromatic rings. The molecule has 0 amide bonds. The Labute approximate surface area is 87.8 Å². The molecule has 0 atom stereocenters. The molecule has 0 aliphatic carbocycles. The minimum absolute atomic E-state index is 0. The van der Waals surface area contributed by atoms with Crippen molar-refractivity contribution in [3.05, 3.63) is 0 Å². The van der Waals surface area contributed by atoms with E-state index in [4.69, 9.17) is 19.2 Å². The monoisotopic (exact) mass is 156 g/mol. The molecule has 0 aliphatic rings. The second kappa shape index (κ2) is 6.21. The van der Waals surface area contributed by atoms with Crippen LogP contribution in [0.25, 0.3) is 0 Å². The summed E-state index contributed by atoms with van der Waals surface area (Å²) < 4.78 is 0. The Balaban J connectivity index is -0.0000000800. The van der Waals surface area contributed by atoms with E-state index < -0.39 is 9.05 Å². The van der Waals surface area contributed by atoms with Crippen LogP contribution < -0.4 is 19.2 Å². The molecule has 0 aromatic carbocycles. The Morgan fingerprint density at radius 2 is 0.857 bits per heavy atom. The summed E-state index contributed by atoms with van der Waals surface area (Å²) >= 11 is 0. The van der Waals surface area contributed by atoms with E-state index in [1.54, 1.807) is 0 Å². The Kier molecular flexibility index (Phi) is 14.2. The van der Waals surface area contributed by atoms with Crippen molar-refractivity contribution in [3.8, 4) is 0 Å². The standard InChI is InChI=1S/Ca.Mg.O4Si/c;;1-5(2,3)4/q2*+2;-4. The van der Waals surface area contributed by atoms with E-state index in [1.807, 2.05) is 0 Å². The van der Waals surface area contributed by atoms with Crippen molar-refractivity contribution in [2.24, 2.45) is 0 Å². The van der Waals surface area contributed by atoms with Crippen LogP contribution in [0, 0.1) is 0 Å².